The predicted molar refractivity (Wildman–Crippen MR) is 108 cm³/mol. The first kappa shape index (κ1) is 18.6. The highest BCUT2D eigenvalue weighted by atomic mass is 35.5. The summed E-state index contributed by atoms with van der Waals surface area (Å²) >= 11 is 7.13. The van der Waals surface area contributed by atoms with Crippen LogP contribution in [-0.4, -0.2) is 18.0 Å². The zero-order valence-electron chi connectivity index (χ0n) is 14.3. The van der Waals surface area contributed by atoms with E-state index in [0.717, 1.165) is 17.0 Å². The third kappa shape index (κ3) is 4.73. The minimum Gasteiger partial charge on any atom is -0.497 e. The number of carbonyl (C=O) groups is 1. The molecule has 0 bridgehead atoms. The zero-order chi connectivity index (χ0) is 19.2. The maximum Gasteiger partial charge on any atom is 0.268 e. The van der Waals surface area contributed by atoms with Gasteiger partial charge in [-0.3, -0.25) is 10.1 Å². The number of rotatable bonds is 5. The normalized spacial score (nSPS) is 10.9. The number of hydrogen-bond donors (Lipinski definition) is 1. The Morgan fingerprint density at radius 2 is 2.07 bits per heavy atom. The van der Waals surface area contributed by atoms with Crippen molar-refractivity contribution >= 4 is 40.1 Å². The topological polar surface area (TPSA) is 75.0 Å². The molecular formula is C20H14ClN3O2S. The van der Waals surface area contributed by atoms with Crippen LogP contribution in [0.1, 0.15) is 5.56 Å². The van der Waals surface area contributed by atoms with Gasteiger partial charge >= 0.3 is 0 Å². The number of aromatic nitrogens is 1. The Balaban J connectivity index is 1.76. The fourth-order valence-corrected chi connectivity index (χ4v) is 3.13. The van der Waals surface area contributed by atoms with Gasteiger partial charge in [-0.05, 0) is 35.9 Å². The highest BCUT2D eigenvalue weighted by Gasteiger charge is 2.13. The van der Waals surface area contributed by atoms with Crippen molar-refractivity contribution in [2.45, 2.75) is 0 Å². The van der Waals surface area contributed by atoms with Crippen molar-refractivity contribution in [3.8, 4) is 23.1 Å². The van der Waals surface area contributed by atoms with Crippen LogP contribution in [-0.2, 0) is 4.79 Å². The third-order valence-corrected chi connectivity index (χ3v) is 4.65. The van der Waals surface area contributed by atoms with E-state index in [1.807, 2.05) is 35.7 Å². The van der Waals surface area contributed by atoms with Crippen LogP contribution in [0.3, 0.4) is 0 Å². The van der Waals surface area contributed by atoms with Gasteiger partial charge in [0.1, 0.15) is 17.4 Å². The number of amides is 1. The van der Waals surface area contributed by atoms with Crippen LogP contribution in [0.4, 0.5) is 5.13 Å². The molecule has 1 amide bonds. The van der Waals surface area contributed by atoms with Crippen LogP contribution >= 0.6 is 22.9 Å². The summed E-state index contributed by atoms with van der Waals surface area (Å²) < 4.78 is 5.21. The summed E-state index contributed by atoms with van der Waals surface area (Å²) in [4.78, 5) is 16.8. The lowest BCUT2D eigenvalue weighted by Crippen LogP contribution is -2.13. The summed E-state index contributed by atoms with van der Waals surface area (Å²) in [5.41, 5.74) is 2.29. The third-order valence-electron chi connectivity index (χ3n) is 3.64. The highest BCUT2D eigenvalue weighted by Crippen LogP contribution is 2.27. The Labute approximate surface area is 165 Å². The molecule has 2 aromatic carbocycles. The summed E-state index contributed by atoms with van der Waals surface area (Å²) in [6, 6.07) is 16.3. The number of hydrogen-bond acceptors (Lipinski definition) is 5. The van der Waals surface area contributed by atoms with E-state index in [0.29, 0.717) is 15.7 Å². The standard InChI is InChI=1S/C20H14ClN3O2S/c1-26-17-4-2-3-14(10-17)18-12-27-20(23-18)24-19(25)15(11-22)9-13-5-7-16(21)8-6-13/h2-10,12H,1H3,(H,23,24,25)/b15-9+. The average molecular weight is 396 g/mol. The van der Waals surface area contributed by atoms with Crippen LogP contribution < -0.4 is 10.1 Å². The average Bonchev–Trinajstić information content (AvgIpc) is 3.16. The molecule has 3 aromatic rings. The second-order valence-corrected chi connectivity index (χ2v) is 6.74. The molecule has 1 N–H and O–H groups in total. The molecule has 0 saturated carbocycles. The molecule has 0 atom stereocenters. The lowest BCUT2D eigenvalue weighted by atomic mass is 10.1. The van der Waals surface area contributed by atoms with E-state index in [4.69, 9.17) is 16.3 Å². The van der Waals surface area contributed by atoms with Gasteiger partial charge in [0.05, 0.1) is 12.8 Å². The van der Waals surface area contributed by atoms with Gasteiger partial charge in [-0.1, -0.05) is 35.9 Å². The SMILES string of the molecule is COc1cccc(-c2csc(NC(=O)/C(C#N)=C/c3ccc(Cl)cc3)n2)c1. The molecule has 0 spiro atoms. The second-order valence-electron chi connectivity index (χ2n) is 5.45. The Morgan fingerprint density at radius 1 is 1.30 bits per heavy atom. The molecule has 0 aliphatic rings. The van der Waals surface area contributed by atoms with Crippen molar-refractivity contribution in [2.24, 2.45) is 0 Å². The minimum atomic E-state index is -0.515. The number of thiazole rings is 1. The van der Waals surface area contributed by atoms with E-state index in [1.54, 1.807) is 31.4 Å². The number of methoxy groups -OCH3 is 1. The molecule has 0 saturated heterocycles. The van der Waals surface area contributed by atoms with Crippen LogP contribution in [0.2, 0.25) is 5.02 Å². The van der Waals surface area contributed by atoms with E-state index in [9.17, 15) is 10.1 Å². The lowest BCUT2D eigenvalue weighted by molar-refractivity contribution is -0.112. The van der Waals surface area contributed by atoms with E-state index in [-0.39, 0.29) is 5.57 Å². The molecule has 0 aliphatic heterocycles. The molecule has 1 heterocycles. The molecule has 7 heteroatoms. The smallest absolute Gasteiger partial charge is 0.268 e. The number of nitriles is 1. The maximum atomic E-state index is 12.4. The van der Waals surface area contributed by atoms with Crippen molar-refractivity contribution in [3.63, 3.8) is 0 Å². The Morgan fingerprint density at radius 3 is 2.78 bits per heavy atom. The van der Waals surface area contributed by atoms with Crippen LogP contribution in [0.15, 0.2) is 59.5 Å². The number of ether oxygens (including phenoxy) is 1. The molecule has 0 aliphatic carbocycles. The Hall–Kier alpha value is -3.14. The number of nitrogens with zero attached hydrogens (tertiary/aromatic N) is 2. The fourth-order valence-electron chi connectivity index (χ4n) is 2.28. The van der Waals surface area contributed by atoms with Crippen molar-refractivity contribution in [1.29, 1.82) is 5.26 Å². The van der Waals surface area contributed by atoms with Gasteiger partial charge in [0.25, 0.3) is 5.91 Å². The molecule has 134 valence electrons. The van der Waals surface area contributed by atoms with Crippen LogP contribution in [0.5, 0.6) is 5.75 Å². The number of benzene rings is 2. The highest BCUT2D eigenvalue weighted by molar-refractivity contribution is 7.14. The molecule has 1 aromatic heterocycles. The molecule has 0 radical (unpaired) electrons. The molecule has 5 nitrogen and oxygen atoms in total. The van der Waals surface area contributed by atoms with Crippen LogP contribution in [0, 0.1) is 11.3 Å². The fraction of sp³-hybridized carbons (Fsp3) is 0.0500. The zero-order valence-corrected chi connectivity index (χ0v) is 15.8. The number of carbonyl (C=O) groups excluding carboxylic acids is 1. The first-order valence-corrected chi connectivity index (χ1v) is 9.13. The summed E-state index contributed by atoms with van der Waals surface area (Å²) in [6.07, 6.45) is 1.50. The van der Waals surface area contributed by atoms with Crippen molar-refractivity contribution in [2.75, 3.05) is 12.4 Å². The largest absolute Gasteiger partial charge is 0.497 e. The summed E-state index contributed by atoms with van der Waals surface area (Å²) in [5, 5.41) is 14.8. The molecule has 27 heavy (non-hydrogen) atoms. The summed E-state index contributed by atoms with van der Waals surface area (Å²) in [5.74, 6) is 0.211. The van der Waals surface area contributed by atoms with Gasteiger partial charge in [-0.2, -0.15) is 5.26 Å². The number of anilines is 1. The van der Waals surface area contributed by atoms with Gasteiger partial charge in [-0.15, -0.1) is 11.3 Å². The van der Waals surface area contributed by atoms with Crippen LogP contribution in [0.25, 0.3) is 17.3 Å². The number of halogens is 1. The molecular weight excluding hydrogens is 382 g/mol. The Kier molecular flexibility index (Phi) is 5.87. The van der Waals surface area contributed by atoms with Gasteiger partial charge < -0.3 is 4.74 Å². The maximum absolute atomic E-state index is 12.4. The molecule has 0 fully saturated rings. The predicted octanol–water partition coefficient (Wildman–Crippen LogP) is 5.02. The van der Waals surface area contributed by atoms with E-state index < -0.39 is 5.91 Å². The van der Waals surface area contributed by atoms with Gasteiger partial charge in [-0.25, -0.2) is 4.98 Å². The minimum absolute atomic E-state index is 0.0181. The van der Waals surface area contributed by atoms with E-state index in [2.05, 4.69) is 10.3 Å². The van der Waals surface area contributed by atoms with Crippen molar-refractivity contribution in [1.82, 2.24) is 4.98 Å². The number of nitrogens with one attached hydrogen (secondary N) is 1. The van der Waals surface area contributed by atoms with Gasteiger partial charge in [0.2, 0.25) is 0 Å². The monoisotopic (exact) mass is 395 g/mol. The first-order valence-electron chi connectivity index (χ1n) is 7.87. The second kappa shape index (κ2) is 8.49. The Bertz CT molecular complexity index is 1040. The van der Waals surface area contributed by atoms with Gasteiger partial charge in [0.15, 0.2) is 5.13 Å². The molecule has 0 unspecified atom stereocenters. The van der Waals surface area contributed by atoms with E-state index >= 15 is 0 Å². The quantitative estimate of drug-likeness (QED) is 0.486. The summed E-state index contributed by atoms with van der Waals surface area (Å²) in [7, 11) is 1.60. The summed E-state index contributed by atoms with van der Waals surface area (Å²) in [6.45, 7) is 0. The van der Waals surface area contributed by atoms with Crippen molar-refractivity contribution < 1.29 is 9.53 Å². The van der Waals surface area contributed by atoms with E-state index in [1.165, 1.54) is 17.4 Å². The first-order chi connectivity index (χ1) is 13.1. The van der Waals surface area contributed by atoms with Gasteiger partial charge in [0, 0.05) is 16.0 Å². The molecule has 3 rings (SSSR count). The lowest BCUT2D eigenvalue weighted by Gasteiger charge is -2.02. The van der Waals surface area contributed by atoms with Crippen molar-refractivity contribution in [3.05, 3.63) is 70.1 Å².